The molecule has 2 N–H and O–H groups in total. The van der Waals surface area contributed by atoms with Gasteiger partial charge < -0.3 is 10.4 Å². The largest absolute Gasteiger partial charge is 0.395 e. The van der Waals surface area contributed by atoms with E-state index in [1.54, 1.807) is 0 Å². The molecule has 2 nitrogen and oxygen atoms in total. The molecule has 1 heterocycles. The summed E-state index contributed by atoms with van der Waals surface area (Å²) < 4.78 is 0. The molecular formula is C11H23NOS. The Morgan fingerprint density at radius 3 is 2.86 bits per heavy atom. The van der Waals surface area contributed by atoms with Crippen LogP contribution in [0.25, 0.3) is 0 Å². The average molecular weight is 217 g/mol. The fourth-order valence-electron chi connectivity index (χ4n) is 1.86. The number of hydrogen-bond acceptors (Lipinski definition) is 3. The zero-order valence-corrected chi connectivity index (χ0v) is 10.1. The molecule has 0 spiro atoms. The van der Waals surface area contributed by atoms with Gasteiger partial charge in [0.1, 0.15) is 0 Å². The molecule has 1 rings (SSSR count). The Kier molecular flexibility index (Phi) is 5.90. The van der Waals surface area contributed by atoms with Gasteiger partial charge in [-0.1, -0.05) is 20.3 Å². The van der Waals surface area contributed by atoms with Crippen molar-refractivity contribution < 1.29 is 5.11 Å². The van der Waals surface area contributed by atoms with Crippen LogP contribution in [0, 0.1) is 5.92 Å². The van der Waals surface area contributed by atoms with Crippen LogP contribution in [0.1, 0.15) is 33.1 Å². The summed E-state index contributed by atoms with van der Waals surface area (Å²) in [5, 5.41) is 12.9. The van der Waals surface area contributed by atoms with Crippen molar-refractivity contribution in [2.24, 2.45) is 5.92 Å². The topological polar surface area (TPSA) is 32.3 Å². The Morgan fingerprint density at radius 2 is 2.36 bits per heavy atom. The highest BCUT2D eigenvalue weighted by molar-refractivity contribution is 7.99. The molecule has 0 saturated carbocycles. The molecule has 3 atom stereocenters. The van der Waals surface area contributed by atoms with Gasteiger partial charge >= 0.3 is 0 Å². The molecule has 3 unspecified atom stereocenters. The minimum Gasteiger partial charge on any atom is -0.395 e. The van der Waals surface area contributed by atoms with Crippen molar-refractivity contribution >= 4 is 11.8 Å². The van der Waals surface area contributed by atoms with Crippen molar-refractivity contribution in [3.63, 3.8) is 0 Å². The first kappa shape index (κ1) is 12.3. The zero-order valence-electron chi connectivity index (χ0n) is 9.33. The molecule has 0 aromatic carbocycles. The first-order valence-electron chi connectivity index (χ1n) is 5.72. The Morgan fingerprint density at radius 1 is 1.57 bits per heavy atom. The monoisotopic (exact) mass is 217 g/mol. The maximum Gasteiger partial charge on any atom is 0.0587 e. The second kappa shape index (κ2) is 6.70. The molecule has 1 saturated heterocycles. The van der Waals surface area contributed by atoms with Crippen LogP contribution in [0.2, 0.25) is 0 Å². The lowest BCUT2D eigenvalue weighted by molar-refractivity contribution is 0.190. The van der Waals surface area contributed by atoms with E-state index in [0.717, 1.165) is 6.42 Å². The van der Waals surface area contributed by atoms with E-state index in [1.165, 1.54) is 24.3 Å². The molecule has 0 aromatic rings. The van der Waals surface area contributed by atoms with Gasteiger partial charge in [0.2, 0.25) is 0 Å². The Bertz CT molecular complexity index is 148. The van der Waals surface area contributed by atoms with E-state index in [4.69, 9.17) is 0 Å². The van der Waals surface area contributed by atoms with E-state index >= 15 is 0 Å². The smallest absolute Gasteiger partial charge is 0.0587 e. The van der Waals surface area contributed by atoms with Crippen molar-refractivity contribution in [1.29, 1.82) is 0 Å². The van der Waals surface area contributed by atoms with Crippen LogP contribution >= 0.6 is 11.8 Å². The van der Waals surface area contributed by atoms with E-state index in [2.05, 4.69) is 19.2 Å². The predicted molar refractivity (Wildman–Crippen MR) is 63.8 cm³/mol. The maximum atomic E-state index is 9.29. The third-order valence-electron chi connectivity index (χ3n) is 3.14. The van der Waals surface area contributed by atoms with E-state index in [1.807, 2.05) is 11.8 Å². The summed E-state index contributed by atoms with van der Waals surface area (Å²) in [5.41, 5.74) is 0. The average Bonchev–Trinajstić information content (AvgIpc) is 2.26. The highest BCUT2D eigenvalue weighted by Gasteiger charge is 2.20. The predicted octanol–water partition coefficient (Wildman–Crippen LogP) is 1.88. The molecule has 0 radical (unpaired) electrons. The minimum atomic E-state index is 0.274. The van der Waals surface area contributed by atoms with Crippen LogP contribution in [0.4, 0.5) is 0 Å². The summed E-state index contributed by atoms with van der Waals surface area (Å²) in [6.45, 7) is 4.67. The number of rotatable bonds is 5. The van der Waals surface area contributed by atoms with E-state index in [0.29, 0.717) is 18.0 Å². The van der Waals surface area contributed by atoms with Crippen LogP contribution in [0.5, 0.6) is 0 Å². The fourth-order valence-corrected chi connectivity index (χ4v) is 2.94. The SMILES string of the molecule is CCC(C)C(CO)NC1CCCSC1. The van der Waals surface area contributed by atoms with Gasteiger partial charge in [-0.25, -0.2) is 0 Å². The Hall–Kier alpha value is 0.270. The van der Waals surface area contributed by atoms with Gasteiger partial charge in [-0.2, -0.15) is 11.8 Å². The van der Waals surface area contributed by atoms with Crippen molar-refractivity contribution in [1.82, 2.24) is 5.32 Å². The Labute approximate surface area is 91.9 Å². The molecule has 0 aromatic heterocycles. The number of aliphatic hydroxyl groups is 1. The highest BCUT2D eigenvalue weighted by Crippen LogP contribution is 2.18. The van der Waals surface area contributed by atoms with Gasteiger partial charge in [0.05, 0.1) is 6.61 Å². The molecule has 1 aliphatic heterocycles. The maximum absolute atomic E-state index is 9.29. The summed E-state index contributed by atoms with van der Waals surface area (Å²) in [4.78, 5) is 0. The summed E-state index contributed by atoms with van der Waals surface area (Å²) in [6.07, 6.45) is 3.74. The van der Waals surface area contributed by atoms with Crippen LogP contribution in [0.3, 0.4) is 0 Å². The quantitative estimate of drug-likeness (QED) is 0.737. The molecule has 3 heteroatoms. The van der Waals surface area contributed by atoms with Crippen molar-refractivity contribution in [3.05, 3.63) is 0 Å². The normalized spacial score (nSPS) is 27.2. The van der Waals surface area contributed by atoms with Gasteiger partial charge in [-0.15, -0.1) is 0 Å². The van der Waals surface area contributed by atoms with E-state index < -0.39 is 0 Å². The summed E-state index contributed by atoms with van der Waals surface area (Å²) in [5.74, 6) is 3.10. The first-order chi connectivity index (χ1) is 6.77. The van der Waals surface area contributed by atoms with Gasteiger partial charge in [0, 0.05) is 17.8 Å². The van der Waals surface area contributed by atoms with Crippen molar-refractivity contribution in [2.75, 3.05) is 18.1 Å². The standard InChI is InChI=1S/C11H23NOS/c1-3-9(2)11(7-13)12-10-5-4-6-14-8-10/h9-13H,3-8H2,1-2H3. The lowest BCUT2D eigenvalue weighted by atomic mass is 9.98. The highest BCUT2D eigenvalue weighted by atomic mass is 32.2. The van der Waals surface area contributed by atoms with Gasteiger partial charge in [0.15, 0.2) is 0 Å². The molecule has 0 amide bonds. The number of aliphatic hydroxyl groups excluding tert-OH is 1. The second-order valence-electron chi connectivity index (χ2n) is 4.26. The molecule has 1 aliphatic rings. The molecular weight excluding hydrogens is 194 g/mol. The van der Waals surface area contributed by atoms with Crippen LogP contribution in [-0.4, -0.2) is 35.3 Å². The lowest BCUT2D eigenvalue weighted by Gasteiger charge is -2.30. The summed E-state index contributed by atoms with van der Waals surface area (Å²) >= 11 is 2.03. The molecule has 0 bridgehead atoms. The van der Waals surface area contributed by atoms with E-state index in [9.17, 15) is 5.11 Å². The number of hydrogen-bond donors (Lipinski definition) is 2. The molecule has 1 fully saturated rings. The second-order valence-corrected chi connectivity index (χ2v) is 5.41. The molecule has 14 heavy (non-hydrogen) atoms. The summed E-state index contributed by atoms with van der Waals surface area (Å²) in [7, 11) is 0. The van der Waals surface area contributed by atoms with Crippen LogP contribution < -0.4 is 5.32 Å². The van der Waals surface area contributed by atoms with Gasteiger partial charge in [-0.05, 0) is 24.5 Å². The number of nitrogens with one attached hydrogen (secondary N) is 1. The van der Waals surface area contributed by atoms with Crippen molar-refractivity contribution in [3.8, 4) is 0 Å². The third kappa shape index (κ3) is 3.79. The summed E-state index contributed by atoms with van der Waals surface area (Å²) in [6, 6.07) is 0.920. The minimum absolute atomic E-state index is 0.274. The molecule has 0 aliphatic carbocycles. The van der Waals surface area contributed by atoms with Gasteiger partial charge in [-0.3, -0.25) is 0 Å². The third-order valence-corrected chi connectivity index (χ3v) is 4.35. The van der Waals surface area contributed by atoms with E-state index in [-0.39, 0.29) is 6.61 Å². The van der Waals surface area contributed by atoms with Crippen LogP contribution in [-0.2, 0) is 0 Å². The zero-order chi connectivity index (χ0) is 10.4. The first-order valence-corrected chi connectivity index (χ1v) is 6.88. The van der Waals surface area contributed by atoms with Gasteiger partial charge in [0.25, 0.3) is 0 Å². The van der Waals surface area contributed by atoms with Crippen molar-refractivity contribution in [2.45, 2.75) is 45.2 Å². The number of thioether (sulfide) groups is 1. The fraction of sp³-hybridized carbons (Fsp3) is 1.00. The molecule has 84 valence electrons. The lowest BCUT2D eigenvalue weighted by Crippen LogP contribution is -2.46. The van der Waals surface area contributed by atoms with Crippen LogP contribution in [0.15, 0.2) is 0 Å². The Balaban J connectivity index is 2.30.